The number of alkyl halides is 6. The average molecular weight is 1990 g/mol. The Balaban J connectivity index is 0.000000193. The summed E-state index contributed by atoms with van der Waals surface area (Å²) in [6, 6.07) is 10.7. The predicted octanol–water partition coefficient (Wildman–Crippen LogP) is 16.9. The van der Waals surface area contributed by atoms with Crippen LogP contribution in [0.5, 0.6) is 34.9 Å². The maximum atomic E-state index is 14.2. The molecule has 135 heavy (non-hydrogen) atoms. The fourth-order valence-corrected chi connectivity index (χ4v) is 20.9. The Morgan fingerprint density at radius 1 is 0.378 bits per heavy atom. The number of nitrogens with zero attached hydrogens (tertiary/aromatic N) is 9. The Hall–Kier alpha value is -8.36. The van der Waals surface area contributed by atoms with Crippen LogP contribution in [0.3, 0.4) is 0 Å². The van der Waals surface area contributed by atoms with Crippen LogP contribution in [0.15, 0.2) is 54.6 Å². The van der Waals surface area contributed by atoms with Crippen molar-refractivity contribution in [3.05, 3.63) is 71.7 Å². The minimum atomic E-state index is -2.98. The Kier molecular flexibility index (Phi) is 36.6. The minimum Gasteiger partial charge on any atom is -0.540 e. The van der Waals surface area contributed by atoms with Crippen LogP contribution < -0.4 is 28.4 Å². The molecular weight excluding hydrogens is 1870 g/mol. The summed E-state index contributed by atoms with van der Waals surface area (Å²) in [5.41, 5.74) is 2.77. The molecule has 3 aromatic heterocycles. The summed E-state index contributed by atoms with van der Waals surface area (Å²) < 4.78 is 128. The summed E-state index contributed by atoms with van der Waals surface area (Å²) in [5.74, 6) is -2.60. The van der Waals surface area contributed by atoms with Crippen LogP contribution in [-0.2, 0) is 132 Å². The van der Waals surface area contributed by atoms with Crippen molar-refractivity contribution in [1.82, 2.24) is 44.6 Å². The minimum absolute atomic E-state index is 0. The van der Waals surface area contributed by atoms with Crippen molar-refractivity contribution < 1.29 is 168 Å². The quantitative estimate of drug-likeness (QED) is 0.0532. The zero-order valence-electron chi connectivity index (χ0n) is 78.8. The van der Waals surface area contributed by atoms with E-state index < -0.39 is 108 Å². The smallest absolute Gasteiger partial charge is 0.387 e. The molecule has 27 nitrogen and oxygen atoms in total. The first kappa shape index (κ1) is 107. The first-order valence-electron chi connectivity index (χ1n) is 47.2. The second-order valence-electron chi connectivity index (χ2n) is 40.9. The second kappa shape index (κ2) is 46.2. The van der Waals surface area contributed by atoms with Crippen LogP contribution in [0.25, 0.3) is 33.1 Å². The summed E-state index contributed by atoms with van der Waals surface area (Å²) >= 11 is 0. The van der Waals surface area contributed by atoms with Gasteiger partial charge in [-0.25, -0.2) is 48.8 Å². The Bertz CT molecular complexity index is 5170. The van der Waals surface area contributed by atoms with Gasteiger partial charge >= 0.3 is 37.7 Å². The number of halogens is 6. The third-order valence-corrected chi connectivity index (χ3v) is 28.8. The molecular formula is C99H124F6N9O18V3-3. The van der Waals surface area contributed by atoms with Gasteiger partial charge in [-0.05, 0) is 196 Å². The van der Waals surface area contributed by atoms with Crippen LogP contribution in [0.2, 0.25) is 0 Å². The number of esters is 3. The summed E-state index contributed by atoms with van der Waals surface area (Å²) in [5, 5.41) is 0. The summed E-state index contributed by atoms with van der Waals surface area (Å²) in [7, 11) is 0. The van der Waals surface area contributed by atoms with E-state index in [1.807, 2.05) is 95.7 Å². The number of fused-ring (bicyclic) bond motifs is 17. The van der Waals surface area contributed by atoms with Crippen LogP contribution >= 0.6 is 0 Å². The van der Waals surface area contributed by atoms with Gasteiger partial charge in [0.25, 0.3) is 0 Å². The van der Waals surface area contributed by atoms with Gasteiger partial charge in [0.2, 0.25) is 35.4 Å². The molecule has 20 atom stereocenters. The molecule has 6 aromatic rings. The molecule has 3 saturated heterocycles. The molecule has 9 heterocycles. The van der Waals surface area contributed by atoms with Gasteiger partial charge < -0.3 is 71.7 Å². The van der Waals surface area contributed by atoms with Crippen molar-refractivity contribution in [2.24, 2.45) is 81.3 Å². The number of aromatic nitrogens is 6. The van der Waals surface area contributed by atoms with E-state index in [-0.39, 0.29) is 183 Å². The number of carbonyl (C=O) groups excluding carboxylic acids is 9. The number of hydrogen-bond donors (Lipinski definition) is 0. The number of ether oxygens (including phenoxy) is 9. The molecule has 7 fully saturated rings. The standard InChI is InChI=1S/C35H44F2N3O6.C33H42F2N3O6.C31H38F2N3O6.3V/c1-5-21-28(18-41)40-17-30(21)46-32-26(38-25-12-11-20(44-34(36)37)15-27(25)39-32)10-8-6-7-9-22-23-13-19(23)14-29(22)45-31(42)16-24(33(40)43)35(2,3)4;1-19-26(18-39)38-17-28(19)44-30-24(36-23-14-13-21(42-32(34)35)15-25(23)37-30)11-7-5-6-9-20-10-8-12-27(20)43-29(40)16-22(31(38)41)33(2,3)4;1-17-24(16-37)36-15-26(17)42-28-22(34-21-11-10-19(40-30(32)33)13-23(21)35-28)9-7-5-6-8-18-12-25(18)41-27(38)14-20(29(36)39)31(2,3)4;;;/h11-12,15,19,21-24,28-30,34H,5-10,13-14,16-17H2,1-4H3;13-15,19-20,22,26-28,32H,5-12,16-17H2,1-4H3;10-11,13,17-18,20,24-26,30H,5-9,12,14-15H2,1-4H3;;;/q3*-1;;;/t19?,21-,22+,23?,24+,28+,29+,30-;19-,20+,22+,26+,27+,28-;17-,18+,20+,24+,25+,26-;;;/m000.../s1. The molecule has 6 aliphatic heterocycles. The number of aryl methyl sites for hydroxylation is 3. The number of amides is 3. The summed E-state index contributed by atoms with van der Waals surface area (Å²) in [6.45, 7) is 14.1. The molecule has 3 aromatic carbocycles. The molecule has 10 aliphatic rings. The first-order valence-corrected chi connectivity index (χ1v) is 47.2. The van der Waals surface area contributed by atoms with Crippen molar-refractivity contribution in [2.75, 3.05) is 19.6 Å². The SMILES string of the molecule is CC[C@@H]1[C@@H]2CN(C(=O)[C@H](C(C)(C)C)CC(=O)O[C@@H]3CC4CC4[C@H]3CCCCCc3nc4ccc(OC(F)F)cc4nc3O2)[C@@H]1[C-]=O.C[C@@H]1[C@@H]2CN(C(=O)[C@H](C(C)(C)C)CC(=O)O[C@@H]3CCC[C@H]3CCCCCc3nc4ccc(OC(F)F)cc4nc3O2)[C@@H]1[C-]=O.C[C@@H]1[C@@H]2CN(C(=O)[C@H](C(C)(C)C)CC(=O)O[C@@H]3C[C@H]3CCCCCc3nc4ccc(OC(F)F)cc4nc3O2)[C@@H]1[C-]=O.[V].[V].[V]. The number of carbonyl (C=O) groups is 6. The van der Waals surface area contributed by atoms with Crippen molar-refractivity contribution >= 4 is 87.6 Å². The molecule has 2 unspecified atom stereocenters. The van der Waals surface area contributed by atoms with E-state index in [0.717, 1.165) is 109 Å². The molecule has 36 heteroatoms. The maximum Gasteiger partial charge on any atom is 0.387 e. The van der Waals surface area contributed by atoms with Gasteiger partial charge in [-0.3, -0.25) is 28.8 Å². The third-order valence-electron chi connectivity index (χ3n) is 28.8. The van der Waals surface area contributed by atoms with E-state index in [1.165, 1.54) is 57.5 Å². The van der Waals surface area contributed by atoms with Crippen LogP contribution in [0.1, 0.15) is 241 Å². The van der Waals surface area contributed by atoms with E-state index >= 15 is 0 Å². The third kappa shape index (κ3) is 26.2. The topological polar surface area (TPSA) is 324 Å². The van der Waals surface area contributed by atoms with Crippen LogP contribution in [0.4, 0.5) is 26.3 Å². The van der Waals surface area contributed by atoms with Crippen LogP contribution in [-0.4, -0.2) is 193 Å². The zero-order chi connectivity index (χ0) is 94.5. The summed E-state index contributed by atoms with van der Waals surface area (Å²) in [4.78, 5) is 151. The second-order valence-corrected chi connectivity index (χ2v) is 40.9. The van der Waals surface area contributed by atoms with Gasteiger partial charge in [-0.1, -0.05) is 146 Å². The number of benzene rings is 3. The van der Waals surface area contributed by atoms with E-state index in [4.69, 9.17) is 48.4 Å². The predicted molar refractivity (Wildman–Crippen MR) is 471 cm³/mol. The monoisotopic (exact) mass is 1990 g/mol. The molecule has 3 radical (unpaired) electrons. The number of hydrogen-bond acceptors (Lipinski definition) is 24. The molecule has 0 spiro atoms. The van der Waals surface area contributed by atoms with Gasteiger partial charge in [-0.15, -0.1) is 0 Å². The van der Waals surface area contributed by atoms with Gasteiger partial charge in [0.05, 0.1) is 89.8 Å². The first-order chi connectivity index (χ1) is 62.8. The van der Waals surface area contributed by atoms with E-state index in [9.17, 15) is 69.5 Å². The molecule has 16 rings (SSSR count). The van der Waals surface area contributed by atoms with Crippen molar-refractivity contribution in [1.29, 1.82) is 0 Å². The molecule has 0 N–H and O–H groups in total. The Morgan fingerprint density at radius 3 is 1.11 bits per heavy atom. The maximum absolute atomic E-state index is 14.2. The van der Waals surface area contributed by atoms with Gasteiger partial charge in [0.1, 0.15) is 71.0 Å². The van der Waals surface area contributed by atoms with Gasteiger partial charge in [-0.2, -0.15) is 26.3 Å². The van der Waals surface area contributed by atoms with Gasteiger partial charge in [0, 0.05) is 73.9 Å². The molecule has 4 saturated carbocycles. The zero-order valence-corrected chi connectivity index (χ0v) is 82.9. The molecule has 4 aliphatic carbocycles. The Labute approximate surface area is 820 Å². The molecule has 3 amide bonds. The molecule has 733 valence electrons. The Morgan fingerprint density at radius 2 is 0.726 bits per heavy atom. The van der Waals surface area contributed by atoms with Crippen molar-refractivity contribution in [3.8, 4) is 34.9 Å². The fraction of sp³-hybridized carbons (Fsp3) is 0.667. The van der Waals surface area contributed by atoms with E-state index in [0.29, 0.717) is 105 Å². The number of rotatable bonds is 10. The van der Waals surface area contributed by atoms with Crippen molar-refractivity contribution in [2.45, 2.75) is 318 Å². The van der Waals surface area contributed by atoms with E-state index in [1.54, 1.807) is 18.2 Å². The van der Waals surface area contributed by atoms with Crippen molar-refractivity contribution in [3.63, 3.8) is 0 Å². The fourth-order valence-electron chi connectivity index (χ4n) is 20.9. The van der Waals surface area contributed by atoms with Gasteiger partial charge in [0.15, 0.2) is 0 Å². The summed E-state index contributed by atoms with van der Waals surface area (Å²) in [6.07, 6.45) is 22.9. The van der Waals surface area contributed by atoms with Crippen LogP contribution in [0, 0.1) is 81.3 Å². The normalized spacial score (nSPS) is 29.4. The molecule has 6 bridgehead atoms. The average Bonchev–Trinajstić information content (AvgIpc) is 1.61. The van der Waals surface area contributed by atoms with E-state index in [2.05, 4.69) is 30.5 Å². The largest absolute Gasteiger partial charge is 0.540 e.